The van der Waals surface area contributed by atoms with Crippen LogP contribution in [0, 0.1) is 0 Å². The molecule has 0 atom stereocenters. The lowest BCUT2D eigenvalue weighted by atomic mass is 10.3. The van der Waals surface area contributed by atoms with E-state index in [4.69, 9.17) is 5.73 Å². The quantitative estimate of drug-likeness (QED) is 0.605. The summed E-state index contributed by atoms with van der Waals surface area (Å²) in [7, 11) is 1.29. The van der Waals surface area contributed by atoms with E-state index < -0.39 is 17.1 Å². The highest BCUT2D eigenvalue weighted by molar-refractivity contribution is 5.44. The van der Waals surface area contributed by atoms with Crippen LogP contribution in [-0.2, 0) is 7.05 Å². The molecule has 0 aliphatic rings. The normalized spacial score (nSPS) is 10.4. The van der Waals surface area contributed by atoms with Gasteiger partial charge in [0.2, 0.25) is 0 Å². The third-order valence-corrected chi connectivity index (χ3v) is 2.35. The average molecular weight is 234 g/mol. The molecule has 1 heterocycles. The summed E-state index contributed by atoms with van der Waals surface area (Å²) < 4.78 is 1.68. The van der Waals surface area contributed by atoms with Gasteiger partial charge < -0.3 is 5.73 Å². The van der Waals surface area contributed by atoms with Crippen molar-refractivity contribution in [2.24, 2.45) is 7.05 Å². The molecule has 0 amide bonds. The monoisotopic (exact) mass is 234 g/mol. The van der Waals surface area contributed by atoms with Gasteiger partial charge in [0.05, 0.1) is 5.69 Å². The molecule has 1 aromatic heterocycles. The summed E-state index contributed by atoms with van der Waals surface area (Å²) in [5.41, 5.74) is 4.15. The summed E-state index contributed by atoms with van der Waals surface area (Å²) in [5.74, 6) is 0. The highest BCUT2D eigenvalue weighted by Gasteiger charge is 2.08. The van der Waals surface area contributed by atoms with Gasteiger partial charge >= 0.3 is 17.1 Å². The summed E-state index contributed by atoms with van der Waals surface area (Å²) in [6, 6.07) is 6.17. The first-order valence-corrected chi connectivity index (χ1v) is 4.79. The van der Waals surface area contributed by atoms with Gasteiger partial charge in [-0.2, -0.15) is 0 Å². The van der Waals surface area contributed by atoms with Crippen molar-refractivity contribution >= 4 is 5.69 Å². The molecule has 0 aliphatic carbocycles. The largest absolute Gasteiger partial charge is 0.399 e. The lowest BCUT2D eigenvalue weighted by molar-refractivity contribution is 0.660. The second-order valence-corrected chi connectivity index (χ2v) is 3.50. The predicted octanol–water partition coefficient (Wildman–Crippen LogP) is -1.19. The standard InChI is InChI=1S/C10H10N4O3/c1-13-8(15)12-9(16)14(10(13)17)7-4-2-6(11)3-5-7/h2-5H,11H2,1H3,(H,12,15,16). The summed E-state index contributed by atoms with van der Waals surface area (Å²) in [5, 5.41) is 0. The van der Waals surface area contributed by atoms with Crippen LogP contribution in [0.4, 0.5) is 5.69 Å². The fourth-order valence-corrected chi connectivity index (χ4v) is 1.41. The van der Waals surface area contributed by atoms with E-state index in [0.29, 0.717) is 11.4 Å². The van der Waals surface area contributed by atoms with E-state index in [0.717, 1.165) is 9.13 Å². The lowest BCUT2D eigenvalue weighted by Gasteiger charge is -2.05. The summed E-state index contributed by atoms with van der Waals surface area (Å²) in [6.07, 6.45) is 0. The number of aromatic nitrogens is 3. The van der Waals surface area contributed by atoms with E-state index in [1.54, 1.807) is 12.1 Å². The van der Waals surface area contributed by atoms with Crippen molar-refractivity contribution in [2.45, 2.75) is 0 Å². The molecule has 2 rings (SSSR count). The van der Waals surface area contributed by atoms with Gasteiger partial charge in [-0.1, -0.05) is 0 Å². The van der Waals surface area contributed by atoms with Crippen LogP contribution < -0.4 is 22.8 Å². The van der Waals surface area contributed by atoms with Crippen molar-refractivity contribution in [1.82, 2.24) is 14.1 Å². The number of aromatic amines is 1. The van der Waals surface area contributed by atoms with E-state index in [9.17, 15) is 14.4 Å². The van der Waals surface area contributed by atoms with Crippen LogP contribution >= 0.6 is 0 Å². The second kappa shape index (κ2) is 3.78. The van der Waals surface area contributed by atoms with Crippen LogP contribution in [0.25, 0.3) is 5.69 Å². The average Bonchev–Trinajstić information content (AvgIpc) is 2.29. The molecular weight excluding hydrogens is 224 g/mol. The van der Waals surface area contributed by atoms with Crippen molar-refractivity contribution in [2.75, 3.05) is 5.73 Å². The molecular formula is C10H10N4O3. The van der Waals surface area contributed by atoms with Crippen LogP contribution in [0.3, 0.4) is 0 Å². The Bertz CT molecular complexity index is 721. The fourth-order valence-electron chi connectivity index (χ4n) is 1.41. The van der Waals surface area contributed by atoms with Gasteiger partial charge in [-0.05, 0) is 24.3 Å². The van der Waals surface area contributed by atoms with Crippen LogP contribution in [0.1, 0.15) is 0 Å². The van der Waals surface area contributed by atoms with E-state index in [-0.39, 0.29) is 0 Å². The van der Waals surface area contributed by atoms with E-state index >= 15 is 0 Å². The first kappa shape index (κ1) is 10.9. The molecule has 0 radical (unpaired) electrons. The fraction of sp³-hybridized carbons (Fsp3) is 0.100. The van der Waals surface area contributed by atoms with Gasteiger partial charge in [0.15, 0.2) is 0 Å². The smallest absolute Gasteiger partial charge is 0.340 e. The van der Waals surface area contributed by atoms with E-state index in [2.05, 4.69) is 0 Å². The number of nitrogens with two attached hydrogens (primary N) is 1. The Morgan fingerprint density at radius 1 is 1.06 bits per heavy atom. The maximum atomic E-state index is 11.8. The predicted molar refractivity (Wildman–Crippen MR) is 62.3 cm³/mol. The molecule has 0 spiro atoms. The number of benzene rings is 1. The number of hydrogen-bond acceptors (Lipinski definition) is 4. The lowest BCUT2D eigenvalue weighted by Crippen LogP contribution is -2.47. The minimum absolute atomic E-state index is 0.348. The summed E-state index contributed by atoms with van der Waals surface area (Å²) in [4.78, 5) is 36.5. The Kier molecular flexibility index (Phi) is 2.43. The Labute approximate surface area is 94.8 Å². The molecule has 17 heavy (non-hydrogen) atoms. The number of anilines is 1. The third-order valence-electron chi connectivity index (χ3n) is 2.35. The Morgan fingerprint density at radius 2 is 1.65 bits per heavy atom. The SMILES string of the molecule is Cn1c(=O)[nH]c(=O)n(-c2ccc(N)cc2)c1=O. The molecule has 0 unspecified atom stereocenters. The molecule has 0 saturated heterocycles. The maximum absolute atomic E-state index is 11.8. The molecule has 2 aromatic rings. The number of H-pyrrole nitrogens is 1. The van der Waals surface area contributed by atoms with Crippen molar-refractivity contribution in [1.29, 1.82) is 0 Å². The maximum Gasteiger partial charge on any atom is 0.340 e. The molecule has 0 fully saturated rings. The summed E-state index contributed by atoms with van der Waals surface area (Å²) >= 11 is 0. The van der Waals surface area contributed by atoms with Crippen molar-refractivity contribution in [3.63, 3.8) is 0 Å². The molecule has 7 nitrogen and oxygen atoms in total. The molecule has 0 saturated carbocycles. The van der Waals surface area contributed by atoms with Gasteiger partial charge in [-0.3, -0.25) is 4.98 Å². The zero-order valence-corrected chi connectivity index (χ0v) is 9.01. The van der Waals surface area contributed by atoms with E-state index in [1.807, 2.05) is 4.98 Å². The van der Waals surface area contributed by atoms with Gasteiger partial charge in [0.25, 0.3) is 0 Å². The highest BCUT2D eigenvalue weighted by Crippen LogP contribution is 2.06. The van der Waals surface area contributed by atoms with Crippen LogP contribution in [0.15, 0.2) is 38.6 Å². The molecule has 0 aliphatic heterocycles. The number of nitrogens with one attached hydrogen (secondary N) is 1. The van der Waals surface area contributed by atoms with Crippen LogP contribution in [0.2, 0.25) is 0 Å². The third kappa shape index (κ3) is 1.78. The molecule has 0 bridgehead atoms. The molecule has 1 aromatic carbocycles. The van der Waals surface area contributed by atoms with Crippen LogP contribution in [-0.4, -0.2) is 14.1 Å². The minimum Gasteiger partial charge on any atom is -0.399 e. The topological polar surface area (TPSA) is 103 Å². The van der Waals surface area contributed by atoms with Gasteiger partial charge in [0.1, 0.15) is 0 Å². The Hall–Kier alpha value is -2.57. The number of hydrogen-bond donors (Lipinski definition) is 2. The molecule has 7 heteroatoms. The highest BCUT2D eigenvalue weighted by atomic mass is 16.2. The number of nitrogens with zero attached hydrogens (tertiary/aromatic N) is 2. The summed E-state index contributed by atoms with van der Waals surface area (Å²) in [6.45, 7) is 0. The molecule has 3 N–H and O–H groups in total. The van der Waals surface area contributed by atoms with Crippen LogP contribution in [0.5, 0.6) is 0 Å². The van der Waals surface area contributed by atoms with Crippen molar-refractivity contribution in [3.8, 4) is 5.69 Å². The molecule has 88 valence electrons. The first-order valence-electron chi connectivity index (χ1n) is 4.79. The van der Waals surface area contributed by atoms with Gasteiger partial charge in [-0.15, -0.1) is 0 Å². The second-order valence-electron chi connectivity index (χ2n) is 3.50. The minimum atomic E-state index is -0.775. The van der Waals surface area contributed by atoms with Gasteiger partial charge in [0, 0.05) is 12.7 Å². The van der Waals surface area contributed by atoms with Gasteiger partial charge in [-0.25, -0.2) is 23.5 Å². The Morgan fingerprint density at radius 3 is 2.24 bits per heavy atom. The van der Waals surface area contributed by atoms with E-state index in [1.165, 1.54) is 19.2 Å². The number of nitrogen functional groups attached to an aromatic ring is 1. The Balaban J connectivity index is 2.81. The first-order chi connectivity index (χ1) is 8.00. The zero-order valence-electron chi connectivity index (χ0n) is 9.01. The zero-order chi connectivity index (χ0) is 12.6. The van der Waals surface area contributed by atoms with Crippen molar-refractivity contribution < 1.29 is 0 Å². The number of rotatable bonds is 1. The van der Waals surface area contributed by atoms with Crippen molar-refractivity contribution in [3.05, 3.63) is 55.7 Å².